The summed E-state index contributed by atoms with van der Waals surface area (Å²) in [5.41, 5.74) is 1.64. The smallest absolute Gasteiger partial charge is 0.445 e. The number of rotatable bonds is 14. The minimum absolute atomic E-state index is 0.0599. The van der Waals surface area contributed by atoms with Gasteiger partial charge in [0.1, 0.15) is 24.1 Å². The van der Waals surface area contributed by atoms with Gasteiger partial charge >= 0.3 is 13.7 Å². The molecule has 0 fully saturated rings. The zero-order valence-electron chi connectivity index (χ0n) is 24.3. The number of carbonyl (C=O) groups is 2. The molecule has 0 radical (unpaired) electrons. The predicted molar refractivity (Wildman–Crippen MR) is 167 cm³/mol. The first-order chi connectivity index (χ1) is 20.8. The van der Waals surface area contributed by atoms with Gasteiger partial charge in [-0.05, 0) is 47.7 Å². The molecule has 0 bridgehead atoms. The minimum atomic E-state index is -4.13. The van der Waals surface area contributed by atoms with Crippen LogP contribution in [0.25, 0.3) is 0 Å². The van der Waals surface area contributed by atoms with Crippen molar-refractivity contribution < 1.29 is 27.9 Å². The van der Waals surface area contributed by atoms with Gasteiger partial charge in [0.2, 0.25) is 5.91 Å². The summed E-state index contributed by atoms with van der Waals surface area (Å²) in [6.07, 6.45) is -0.252. The molecule has 43 heavy (non-hydrogen) atoms. The first-order valence-corrected chi connectivity index (χ1v) is 15.8. The summed E-state index contributed by atoms with van der Waals surface area (Å²) in [5, 5.41) is 5.60. The van der Waals surface area contributed by atoms with E-state index in [-0.39, 0.29) is 18.9 Å². The van der Waals surface area contributed by atoms with Gasteiger partial charge in [0.15, 0.2) is 5.78 Å². The number of amides is 2. The van der Waals surface area contributed by atoms with E-state index in [1.54, 1.807) is 48.5 Å². The minimum Gasteiger partial charge on any atom is -0.445 e. The van der Waals surface area contributed by atoms with Crippen molar-refractivity contribution in [2.45, 2.75) is 45.1 Å². The van der Waals surface area contributed by atoms with Crippen LogP contribution in [-0.4, -0.2) is 23.8 Å². The number of nitrogens with one attached hydrogen (secondary N) is 2. The van der Waals surface area contributed by atoms with E-state index in [1.165, 1.54) is 0 Å². The molecule has 2 atom stereocenters. The summed E-state index contributed by atoms with van der Waals surface area (Å²) in [6, 6.07) is 35.0. The molecule has 224 valence electrons. The van der Waals surface area contributed by atoms with Crippen molar-refractivity contribution in [3.05, 3.63) is 132 Å². The van der Waals surface area contributed by atoms with Crippen LogP contribution in [0.1, 0.15) is 31.4 Å². The van der Waals surface area contributed by atoms with Gasteiger partial charge < -0.3 is 24.4 Å². The van der Waals surface area contributed by atoms with Gasteiger partial charge in [0, 0.05) is 6.42 Å². The third kappa shape index (κ3) is 10.0. The molecule has 0 aliphatic rings. The van der Waals surface area contributed by atoms with Crippen LogP contribution in [-0.2, 0) is 27.1 Å². The van der Waals surface area contributed by atoms with Gasteiger partial charge in [-0.2, -0.15) is 0 Å². The number of ether oxygens (including phenoxy) is 1. The first kappa shape index (κ1) is 31.4. The lowest BCUT2D eigenvalue weighted by Crippen LogP contribution is -2.51. The van der Waals surface area contributed by atoms with Crippen LogP contribution in [0.2, 0.25) is 0 Å². The molecule has 9 heteroatoms. The molecule has 0 heterocycles. The summed E-state index contributed by atoms with van der Waals surface area (Å²) in [4.78, 5) is 26.6. The zero-order valence-corrected chi connectivity index (χ0v) is 25.2. The van der Waals surface area contributed by atoms with Crippen molar-refractivity contribution in [3.8, 4) is 11.5 Å². The lowest BCUT2D eigenvalue weighted by Gasteiger charge is -2.30. The van der Waals surface area contributed by atoms with Crippen LogP contribution < -0.4 is 19.7 Å². The fourth-order valence-corrected chi connectivity index (χ4v) is 6.20. The Morgan fingerprint density at radius 1 is 0.674 bits per heavy atom. The average Bonchev–Trinajstić information content (AvgIpc) is 3.01. The van der Waals surface area contributed by atoms with Crippen LogP contribution in [0, 0.1) is 5.92 Å². The molecular weight excluding hydrogens is 563 g/mol. The Morgan fingerprint density at radius 3 is 1.63 bits per heavy atom. The number of alkyl carbamates (subject to hydrolysis) is 1. The largest absolute Gasteiger partial charge is 0.453 e. The van der Waals surface area contributed by atoms with Crippen molar-refractivity contribution in [3.63, 3.8) is 0 Å². The Bertz CT molecular complexity index is 1420. The second kappa shape index (κ2) is 15.6. The van der Waals surface area contributed by atoms with Crippen molar-refractivity contribution in [1.82, 2.24) is 10.6 Å². The fourth-order valence-electron chi connectivity index (χ4n) is 4.36. The summed E-state index contributed by atoms with van der Waals surface area (Å²) in [7, 11) is -4.13. The maximum Gasteiger partial charge on any atom is 0.453 e. The van der Waals surface area contributed by atoms with Gasteiger partial charge in [-0.15, -0.1) is 0 Å². The maximum atomic E-state index is 14.7. The van der Waals surface area contributed by atoms with Gasteiger partial charge in [-0.3, -0.25) is 4.79 Å². The molecule has 4 aromatic rings. The zero-order chi connectivity index (χ0) is 30.5. The molecule has 0 aromatic heterocycles. The molecule has 1 unspecified atom stereocenters. The topological polar surface area (TPSA) is 103 Å². The van der Waals surface area contributed by atoms with E-state index in [9.17, 15) is 14.2 Å². The fraction of sp³-hybridized carbons (Fsp3) is 0.235. The second-order valence-electron chi connectivity index (χ2n) is 10.5. The van der Waals surface area contributed by atoms with Crippen molar-refractivity contribution in [1.29, 1.82) is 0 Å². The third-order valence-electron chi connectivity index (χ3n) is 6.44. The highest BCUT2D eigenvalue weighted by Gasteiger charge is 2.42. The number of hydrogen-bond donors (Lipinski definition) is 2. The SMILES string of the molecule is CC(C)C[C@H](NC(=O)OCc1ccccc1)C(=O)NC(Cc1ccccc1)P(=O)(Oc1ccccc1)Oc1ccccc1. The van der Waals surface area contributed by atoms with E-state index in [0.717, 1.165) is 11.1 Å². The highest BCUT2D eigenvalue weighted by molar-refractivity contribution is 7.55. The first-order valence-electron chi connectivity index (χ1n) is 14.2. The molecule has 0 saturated heterocycles. The Morgan fingerprint density at radius 2 is 1.14 bits per heavy atom. The summed E-state index contributed by atoms with van der Waals surface area (Å²) in [5.74, 6) is -0.906. The van der Waals surface area contributed by atoms with Crippen LogP contribution in [0.3, 0.4) is 0 Å². The van der Waals surface area contributed by atoms with Crippen molar-refractivity contribution >= 4 is 19.6 Å². The lowest BCUT2D eigenvalue weighted by molar-refractivity contribution is -0.123. The lowest BCUT2D eigenvalue weighted by atomic mass is 10.0. The van der Waals surface area contributed by atoms with Crippen molar-refractivity contribution in [2.24, 2.45) is 5.92 Å². The van der Waals surface area contributed by atoms with Crippen LogP contribution in [0.4, 0.5) is 4.79 Å². The van der Waals surface area contributed by atoms with E-state index in [4.69, 9.17) is 13.8 Å². The molecule has 4 aromatic carbocycles. The summed E-state index contributed by atoms with van der Waals surface area (Å²) < 4.78 is 32.3. The van der Waals surface area contributed by atoms with Gasteiger partial charge in [0.05, 0.1) is 0 Å². The standard InChI is InChI=1S/C34H37N2O6P/c1-26(2)23-31(35-34(38)40-25-28-17-9-4-10-18-28)33(37)36-32(24-27-15-7-3-8-16-27)43(39,41-29-19-11-5-12-20-29)42-30-21-13-6-14-22-30/h3-22,26,31-32H,23-25H2,1-2H3,(H,35,38)(H,36,37)/t31-,32?/m0/s1. The molecule has 8 nitrogen and oxygen atoms in total. The van der Waals surface area contributed by atoms with Crippen LogP contribution in [0.15, 0.2) is 121 Å². The van der Waals surface area contributed by atoms with Gasteiger partial charge in [0.25, 0.3) is 0 Å². The Kier molecular flexibility index (Phi) is 11.4. The van der Waals surface area contributed by atoms with Crippen LogP contribution >= 0.6 is 7.60 Å². The van der Waals surface area contributed by atoms with E-state index >= 15 is 0 Å². The summed E-state index contributed by atoms with van der Waals surface area (Å²) >= 11 is 0. The van der Waals surface area contributed by atoms with Gasteiger partial charge in [-0.1, -0.05) is 111 Å². The molecule has 0 spiro atoms. The molecular formula is C34H37N2O6P. The number of hydrogen-bond acceptors (Lipinski definition) is 6. The quantitative estimate of drug-likeness (QED) is 0.147. The maximum absolute atomic E-state index is 14.7. The monoisotopic (exact) mass is 600 g/mol. The van der Waals surface area contributed by atoms with E-state index in [0.29, 0.717) is 17.9 Å². The van der Waals surface area contributed by atoms with E-state index in [1.807, 2.05) is 86.6 Å². The Labute approximate surface area is 252 Å². The normalized spacial score (nSPS) is 12.5. The highest BCUT2D eigenvalue weighted by atomic mass is 31.2. The predicted octanol–water partition coefficient (Wildman–Crippen LogP) is 7.36. The molecule has 4 rings (SSSR count). The Hall–Kier alpha value is -4.55. The molecule has 2 amide bonds. The number of benzene rings is 4. The third-order valence-corrected chi connectivity index (χ3v) is 8.45. The summed E-state index contributed by atoms with van der Waals surface area (Å²) in [6.45, 7) is 3.95. The second-order valence-corrected chi connectivity index (χ2v) is 12.5. The van der Waals surface area contributed by atoms with Crippen LogP contribution in [0.5, 0.6) is 11.5 Å². The average molecular weight is 601 g/mol. The molecule has 0 saturated carbocycles. The van der Waals surface area contributed by atoms with E-state index in [2.05, 4.69) is 10.6 Å². The molecule has 0 aliphatic heterocycles. The van der Waals surface area contributed by atoms with E-state index < -0.39 is 31.4 Å². The number of para-hydroxylation sites is 2. The highest BCUT2D eigenvalue weighted by Crippen LogP contribution is 2.53. The van der Waals surface area contributed by atoms with Crippen molar-refractivity contribution in [2.75, 3.05) is 0 Å². The molecule has 2 N–H and O–H groups in total. The molecule has 0 aliphatic carbocycles. The number of carbonyl (C=O) groups excluding carboxylic acids is 2. The van der Waals surface area contributed by atoms with Gasteiger partial charge in [-0.25, -0.2) is 9.36 Å². The Balaban J connectivity index is 1.60.